The van der Waals surface area contributed by atoms with Crippen LogP contribution in [0.15, 0.2) is 18.3 Å². The SMILES string of the molecule is CCC(C)Nc1ccc(C(=O)N2CCCCC2CC)nc1. The highest BCUT2D eigenvalue weighted by Crippen LogP contribution is 2.21. The zero-order valence-corrected chi connectivity index (χ0v) is 13.4. The van der Waals surface area contributed by atoms with Crippen molar-refractivity contribution in [2.75, 3.05) is 11.9 Å². The van der Waals surface area contributed by atoms with Crippen molar-refractivity contribution in [1.29, 1.82) is 0 Å². The molecule has 1 fully saturated rings. The number of pyridine rings is 1. The number of piperidine rings is 1. The van der Waals surface area contributed by atoms with Crippen molar-refractivity contribution in [3.8, 4) is 0 Å². The Kier molecular flexibility index (Phi) is 5.59. The van der Waals surface area contributed by atoms with Crippen molar-refractivity contribution < 1.29 is 4.79 Å². The van der Waals surface area contributed by atoms with E-state index in [0.717, 1.165) is 37.9 Å². The molecule has 0 radical (unpaired) electrons. The standard InChI is InChI=1S/C17H27N3O/c1-4-13(3)19-14-9-10-16(18-12-14)17(21)20-11-7-6-8-15(20)5-2/h9-10,12-13,15,19H,4-8,11H2,1-3H3. The van der Waals surface area contributed by atoms with Crippen LogP contribution in [0.1, 0.15) is 63.4 Å². The molecule has 2 atom stereocenters. The molecule has 2 rings (SSSR count). The highest BCUT2D eigenvalue weighted by molar-refractivity contribution is 5.92. The number of anilines is 1. The number of carbonyl (C=O) groups is 1. The normalized spacial score (nSPS) is 20.1. The van der Waals surface area contributed by atoms with Crippen molar-refractivity contribution in [3.63, 3.8) is 0 Å². The van der Waals surface area contributed by atoms with Crippen LogP contribution in [0.25, 0.3) is 0 Å². The lowest BCUT2D eigenvalue weighted by Crippen LogP contribution is -2.43. The Morgan fingerprint density at radius 1 is 1.43 bits per heavy atom. The number of rotatable bonds is 5. The highest BCUT2D eigenvalue weighted by Gasteiger charge is 2.26. The van der Waals surface area contributed by atoms with E-state index in [2.05, 4.69) is 31.1 Å². The Morgan fingerprint density at radius 3 is 2.86 bits per heavy atom. The molecule has 1 N–H and O–H groups in total. The van der Waals surface area contributed by atoms with Gasteiger partial charge < -0.3 is 10.2 Å². The summed E-state index contributed by atoms with van der Waals surface area (Å²) in [4.78, 5) is 19.0. The molecule has 1 aliphatic rings. The Labute approximate surface area is 127 Å². The third kappa shape index (κ3) is 3.96. The molecule has 1 aromatic heterocycles. The fourth-order valence-corrected chi connectivity index (χ4v) is 2.83. The minimum atomic E-state index is 0.0802. The number of aromatic nitrogens is 1. The molecule has 1 aromatic rings. The molecule has 4 nitrogen and oxygen atoms in total. The summed E-state index contributed by atoms with van der Waals surface area (Å²) in [5.41, 5.74) is 1.54. The topological polar surface area (TPSA) is 45.2 Å². The number of amides is 1. The van der Waals surface area contributed by atoms with E-state index in [9.17, 15) is 4.79 Å². The van der Waals surface area contributed by atoms with Crippen molar-refractivity contribution >= 4 is 11.6 Å². The molecule has 2 heterocycles. The molecule has 0 saturated carbocycles. The molecule has 2 unspecified atom stereocenters. The zero-order chi connectivity index (χ0) is 15.2. The molecule has 0 aliphatic carbocycles. The lowest BCUT2D eigenvalue weighted by atomic mass is 9.99. The van der Waals surface area contributed by atoms with Crippen LogP contribution in [0.2, 0.25) is 0 Å². The summed E-state index contributed by atoms with van der Waals surface area (Å²) in [6.45, 7) is 7.30. The fraction of sp³-hybridized carbons (Fsp3) is 0.647. The van der Waals surface area contributed by atoms with E-state index in [0.29, 0.717) is 17.8 Å². The van der Waals surface area contributed by atoms with Crippen molar-refractivity contribution in [2.24, 2.45) is 0 Å². The van der Waals surface area contributed by atoms with Gasteiger partial charge >= 0.3 is 0 Å². The molecular formula is C17H27N3O. The van der Waals surface area contributed by atoms with Gasteiger partial charge in [-0.05, 0) is 51.2 Å². The van der Waals surface area contributed by atoms with Crippen LogP contribution in [0.5, 0.6) is 0 Å². The van der Waals surface area contributed by atoms with E-state index >= 15 is 0 Å². The van der Waals surface area contributed by atoms with Crippen molar-refractivity contribution in [1.82, 2.24) is 9.88 Å². The Balaban J connectivity index is 2.05. The van der Waals surface area contributed by atoms with Crippen LogP contribution >= 0.6 is 0 Å². The molecule has 0 spiro atoms. The monoisotopic (exact) mass is 289 g/mol. The van der Waals surface area contributed by atoms with Gasteiger partial charge in [0.15, 0.2) is 0 Å². The van der Waals surface area contributed by atoms with Gasteiger partial charge in [-0.25, -0.2) is 4.98 Å². The van der Waals surface area contributed by atoms with Crippen molar-refractivity contribution in [3.05, 3.63) is 24.0 Å². The molecule has 21 heavy (non-hydrogen) atoms. The molecule has 1 amide bonds. The number of likely N-dealkylation sites (tertiary alicyclic amines) is 1. The second kappa shape index (κ2) is 7.43. The summed E-state index contributed by atoms with van der Waals surface area (Å²) < 4.78 is 0. The number of hydrogen-bond donors (Lipinski definition) is 1. The number of carbonyl (C=O) groups excluding carboxylic acids is 1. The van der Waals surface area contributed by atoms with Crippen LogP contribution in [-0.2, 0) is 0 Å². The Hall–Kier alpha value is -1.58. The molecule has 1 saturated heterocycles. The third-order valence-electron chi connectivity index (χ3n) is 4.37. The minimum Gasteiger partial charge on any atom is -0.381 e. The summed E-state index contributed by atoms with van der Waals surface area (Å²) in [6.07, 6.45) is 7.32. The number of nitrogens with zero attached hydrogens (tertiary/aromatic N) is 2. The highest BCUT2D eigenvalue weighted by atomic mass is 16.2. The first-order valence-electron chi connectivity index (χ1n) is 8.19. The van der Waals surface area contributed by atoms with E-state index < -0.39 is 0 Å². The average molecular weight is 289 g/mol. The Bertz CT molecular complexity index is 458. The molecule has 116 valence electrons. The van der Waals surface area contributed by atoms with Gasteiger partial charge in [0.1, 0.15) is 5.69 Å². The van der Waals surface area contributed by atoms with Crippen LogP contribution in [0, 0.1) is 0 Å². The van der Waals surface area contributed by atoms with Crippen LogP contribution in [-0.4, -0.2) is 34.4 Å². The minimum absolute atomic E-state index is 0.0802. The van der Waals surface area contributed by atoms with Gasteiger partial charge in [0.05, 0.1) is 11.9 Å². The number of hydrogen-bond acceptors (Lipinski definition) is 3. The predicted molar refractivity (Wildman–Crippen MR) is 86.6 cm³/mol. The first kappa shape index (κ1) is 15.8. The summed E-state index contributed by atoms with van der Waals surface area (Å²) in [5.74, 6) is 0.0802. The summed E-state index contributed by atoms with van der Waals surface area (Å²) in [7, 11) is 0. The third-order valence-corrected chi connectivity index (χ3v) is 4.37. The maximum absolute atomic E-state index is 12.6. The van der Waals surface area contributed by atoms with Crippen LogP contribution < -0.4 is 5.32 Å². The van der Waals surface area contributed by atoms with Gasteiger partial charge in [0.25, 0.3) is 5.91 Å². The average Bonchev–Trinajstić information content (AvgIpc) is 2.54. The van der Waals surface area contributed by atoms with Gasteiger partial charge in [-0.15, -0.1) is 0 Å². The summed E-state index contributed by atoms with van der Waals surface area (Å²) >= 11 is 0. The molecule has 0 bridgehead atoms. The van der Waals surface area contributed by atoms with E-state index in [-0.39, 0.29) is 5.91 Å². The number of nitrogens with one attached hydrogen (secondary N) is 1. The second-order valence-corrected chi connectivity index (χ2v) is 5.94. The smallest absolute Gasteiger partial charge is 0.272 e. The molecule has 1 aliphatic heterocycles. The van der Waals surface area contributed by atoms with Gasteiger partial charge in [-0.3, -0.25) is 4.79 Å². The Morgan fingerprint density at radius 2 is 2.24 bits per heavy atom. The maximum atomic E-state index is 12.6. The van der Waals surface area contributed by atoms with E-state index in [1.165, 1.54) is 6.42 Å². The van der Waals surface area contributed by atoms with Crippen LogP contribution in [0.3, 0.4) is 0 Å². The van der Waals surface area contributed by atoms with E-state index in [1.807, 2.05) is 17.0 Å². The lowest BCUT2D eigenvalue weighted by molar-refractivity contribution is 0.0602. The van der Waals surface area contributed by atoms with Crippen molar-refractivity contribution in [2.45, 2.75) is 65.0 Å². The quantitative estimate of drug-likeness (QED) is 0.899. The molecule has 4 heteroatoms. The lowest BCUT2D eigenvalue weighted by Gasteiger charge is -2.35. The van der Waals surface area contributed by atoms with Crippen LogP contribution in [0.4, 0.5) is 5.69 Å². The van der Waals surface area contributed by atoms with Gasteiger partial charge in [0, 0.05) is 18.6 Å². The maximum Gasteiger partial charge on any atom is 0.272 e. The summed E-state index contributed by atoms with van der Waals surface area (Å²) in [5, 5.41) is 3.37. The van der Waals surface area contributed by atoms with E-state index in [1.54, 1.807) is 6.20 Å². The predicted octanol–water partition coefficient (Wildman–Crippen LogP) is 3.70. The first-order valence-corrected chi connectivity index (χ1v) is 8.19. The van der Waals surface area contributed by atoms with Gasteiger partial charge in [0.2, 0.25) is 0 Å². The largest absolute Gasteiger partial charge is 0.381 e. The fourth-order valence-electron chi connectivity index (χ4n) is 2.83. The summed E-state index contributed by atoms with van der Waals surface area (Å²) in [6, 6.07) is 4.59. The second-order valence-electron chi connectivity index (χ2n) is 5.94. The molecule has 0 aromatic carbocycles. The molecular weight excluding hydrogens is 262 g/mol. The zero-order valence-electron chi connectivity index (χ0n) is 13.4. The van der Waals surface area contributed by atoms with Gasteiger partial charge in [-0.1, -0.05) is 13.8 Å². The van der Waals surface area contributed by atoms with E-state index in [4.69, 9.17) is 0 Å². The van der Waals surface area contributed by atoms with Gasteiger partial charge in [-0.2, -0.15) is 0 Å². The first-order chi connectivity index (χ1) is 10.2.